The van der Waals surface area contributed by atoms with Crippen molar-refractivity contribution in [2.24, 2.45) is 0 Å². The molecule has 0 radical (unpaired) electrons. The molecule has 0 spiro atoms. The van der Waals surface area contributed by atoms with E-state index in [9.17, 15) is 24.8 Å². The van der Waals surface area contributed by atoms with Crippen molar-refractivity contribution in [3.8, 4) is 5.75 Å². The first kappa shape index (κ1) is 20.4. The molecule has 8 nitrogen and oxygen atoms in total. The molecule has 142 valence electrons. The Labute approximate surface area is 159 Å². The number of thioether (sulfide) groups is 1. The van der Waals surface area contributed by atoms with Crippen LogP contribution in [0, 0.1) is 10.1 Å². The number of ether oxygens (including phenoxy) is 2. The van der Waals surface area contributed by atoms with Crippen LogP contribution in [0.25, 0.3) is 0 Å². The molecule has 0 heterocycles. The van der Waals surface area contributed by atoms with Gasteiger partial charge in [0.05, 0.1) is 22.2 Å². The number of aliphatic hydroxyl groups excluding tert-OH is 1. The largest absolute Gasteiger partial charge is 0.467 e. The van der Waals surface area contributed by atoms with Gasteiger partial charge in [0.2, 0.25) is 0 Å². The van der Waals surface area contributed by atoms with Gasteiger partial charge in [-0.15, -0.1) is 11.8 Å². The topological polar surface area (TPSA) is 116 Å². The van der Waals surface area contributed by atoms with Crippen molar-refractivity contribution in [2.75, 3.05) is 7.11 Å². The van der Waals surface area contributed by atoms with Gasteiger partial charge in [-0.25, -0.2) is 4.79 Å². The Morgan fingerprint density at radius 1 is 1.15 bits per heavy atom. The number of hydrogen-bond acceptors (Lipinski definition) is 8. The number of methoxy groups -OCH3 is 1. The second-order valence-electron chi connectivity index (χ2n) is 5.39. The first-order valence-corrected chi connectivity index (χ1v) is 8.65. The fourth-order valence-corrected chi connectivity index (χ4v) is 3.52. The molecule has 0 aliphatic heterocycles. The Balaban J connectivity index is 2.39. The average Bonchev–Trinajstić information content (AvgIpc) is 2.65. The molecule has 0 unspecified atom stereocenters. The lowest BCUT2D eigenvalue weighted by Crippen LogP contribution is -2.27. The highest BCUT2D eigenvalue weighted by Crippen LogP contribution is 2.42. The predicted octanol–water partition coefficient (Wildman–Crippen LogP) is 2.89. The highest BCUT2D eigenvalue weighted by atomic mass is 32.2. The molecule has 27 heavy (non-hydrogen) atoms. The van der Waals surface area contributed by atoms with Crippen LogP contribution in [0.4, 0.5) is 5.69 Å². The summed E-state index contributed by atoms with van der Waals surface area (Å²) < 4.78 is 9.56. The Morgan fingerprint density at radius 2 is 1.78 bits per heavy atom. The van der Waals surface area contributed by atoms with Crippen molar-refractivity contribution in [3.63, 3.8) is 0 Å². The molecule has 0 aliphatic carbocycles. The number of nitro groups is 1. The SMILES string of the molecule is COC(=O)[C@H](O)[C@H](Sc1ccccc1[N+](=O)[O-])c1ccc(OC(C)=O)cc1. The number of carbonyl (C=O) groups excluding carboxylic acids is 2. The van der Waals surface area contributed by atoms with E-state index in [2.05, 4.69) is 4.74 Å². The normalized spacial score (nSPS) is 12.7. The van der Waals surface area contributed by atoms with Crippen LogP contribution in [0.5, 0.6) is 5.75 Å². The Morgan fingerprint density at radius 3 is 2.33 bits per heavy atom. The molecular formula is C18H17NO7S. The van der Waals surface area contributed by atoms with Crippen LogP contribution in [-0.2, 0) is 14.3 Å². The smallest absolute Gasteiger partial charge is 0.336 e. The van der Waals surface area contributed by atoms with E-state index < -0.39 is 28.2 Å². The number of nitro benzene ring substituents is 1. The zero-order chi connectivity index (χ0) is 20.0. The van der Waals surface area contributed by atoms with Crippen LogP contribution in [-0.4, -0.2) is 35.2 Å². The summed E-state index contributed by atoms with van der Waals surface area (Å²) in [6, 6.07) is 12.2. The summed E-state index contributed by atoms with van der Waals surface area (Å²) >= 11 is 0.968. The summed E-state index contributed by atoms with van der Waals surface area (Å²) in [7, 11) is 1.14. The summed E-state index contributed by atoms with van der Waals surface area (Å²) in [5.41, 5.74) is 0.369. The van der Waals surface area contributed by atoms with Crippen molar-refractivity contribution in [1.29, 1.82) is 0 Å². The second kappa shape index (κ2) is 9.15. The van der Waals surface area contributed by atoms with Crippen molar-refractivity contribution in [2.45, 2.75) is 23.2 Å². The quantitative estimate of drug-likeness (QED) is 0.252. The summed E-state index contributed by atoms with van der Waals surface area (Å²) in [6.45, 7) is 1.27. The highest BCUT2D eigenvalue weighted by molar-refractivity contribution is 7.99. The molecule has 1 N–H and O–H groups in total. The Hall–Kier alpha value is -2.91. The van der Waals surface area contributed by atoms with Crippen LogP contribution in [0.3, 0.4) is 0 Å². The number of benzene rings is 2. The zero-order valence-electron chi connectivity index (χ0n) is 14.5. The monoisotopic (exact) mass is 391 g/mol. The van der Waals surface area contributed by atoms with Crippen LogP contribution < -0.4 is 4.74 Å². The second-order valence-corrected chi connectivity index (χ2v) is 6.58. The maximum absolute atomic E-state index is 11.9. The maximum atomic E-state index is 11.9. The van der Waals surface area contributed by atoms with Gasteiger partial charge in [-0.2, -0.15) is 0 Å². The number of rotatable bonds is 7. The Bertz CT molecular complexity index is 838. The minimum atomic E-state index is -1.56. The van der Waals surface area contributed by atoms with Gasteiger partial charge in [-0.05, 0) is 23.8 Å². The van der Waals surface area contributed by atoms with E-state index in [0.29, 0.717) is 16.2 Å². The van der Waals surface area contributed by atoms with Gasteiger partial charge in [-0.1, -0.05) is 24.3 Å². The molecular weight excluding hydrogens is 374 g/mol. The molecule has 2 rings (SSSR count). The van der Waals surface area contributed by atoms with Gasteiger partial charge in [0.1, 0.15) is 5.75 Å². The van der Waals surface area contributed by atoms with E-state index in [1.165, 1.54) is 37.3 Å². The molecule has 0 bridgehead atoms. The molecule has 0 fully saturated rings. The first-order valence-electron chi connectivity index (χ1n) is 7.78. The minimum Gasteiger partial charge on any atom is -0.467 e. The summed E-state index contributed by atoms with van der Waals surface area (Å²) in [6.07, 6.45) is -1.56. The van der Waals surface area contributed by atoms with Gasteiger partial charge in [0, 0.05) is 13.0 Å². The molecule has 9 heteroatoms. The van der Waals surface area contributed by atoms with Crippen LogP contribution in [0.2, 0.25) is 0 Å². The van der Waals surface area contributed by atoms with Gasteiger partial charge in [0.25, 0.3) is 5.69 Å². The highest BCUT2D eigenvalue weighted by Gasteiger charge is 2.31. The van der Waals surface area contributed by atoms with Crippen LogP contribution >= 0.6 is 11.8 Å². The van der Waals surface area contributed by atoms with Gasteiger partial charge in [0.15, 0.2) is 6.10 Å². The van der Waals surface area contributed by atoms with Crippen molar-refractivity contribution < 1.29 is 29.1 Å². The predicted molar refractivity (Wildman–Crippen MR) is 97.5 cm³/mol. The lowest BCUT2D eigenvalue weighted by Gasteiger charge is -2.21. The minimum absolute atomic E-state index is 0.138. The zero-order valence-corrected chi connectivity index (χ0v) is 15.3. The number of esters is 2. The lowest BCUT2D eigenvalue weighted by molar-refractivity contribution is -0.387. The fourth-order valence-electron chi connectivity index (χ4n) is 2.30. The van der Waals surface area contributed by atoms with E-state index in [-0.39, 0.29) is 5.69 Å². The summed E-state index contributed by atoms with van der Waals surface area (Å²) in [4.78, 5) is 33.9. The molecule has 2 aromatic carbocycles. The number of hydrogen-bond donors (Lipinski definition) is 1. The first-order chi connectivity index (χ1) is 12.8. The number of aliphatic hydroxyl groups is 1. The van der Waals surface area contributed by atoms with E-state index in [1.54, 1.807) is 18.2 Å². The molecule has 0 aliphatic rings. The molecule has 0 saturated carbocycles. The Kier molecular flexibility index (Phi) is 6.91. The molecule has 0 amide bonds. The van der Waals surface area contributed by atoms with Crippen LogP contribution in [0.15, 0.2) is 53.4 Å². The summed E-state index contributed by atoms with van der Waals surface area (Å²) in [5, 5.41) is 20.8. The fraction of sp³-hybridized carbons (Fsp3) is 0.222. The number of para-hydroxylation sites is 1. The average molecular weight is 391 g/mol. The van der Waals surface area contributed by atoms with Gasteiger partial charge in [-0.3, -0.25) is 14.9 Å². The van der Waals surface area contributed by atoms with Crippen molar-refractivity contribution >= 4 is 29.4 Å². The number of carbonyl (C=O) groups is 2. The molecule has 0 aromatic heterocycles. The molecule has 2 aromatic rings. The van der Waals surface area contributed by atoms with E-state index >= 15 is 0 Å². The third kappa shape index (κ3) is 5.28. The van der Waals surface area contributed by atoms with Gasteiger partial charge < -0.3 is 14.6 Å². The molecule has 2 atom stereocenters. The third-order valence-corrected chi connectivity index (χ3v) is 4.90. The van der Waals surface area contributed by atoms with E-state index in [1.807, 2.05) is 0 Å². The van der Waals surface area contributed by atoms with Crippen molar-refractivity contribution in [3.05, 3.63) is 64.2 Å². The van der Waals surface area contributed by atoms with Gasteiger partial charge >= 0.3 is 11.9 Å². The van der Waals surface area contributed by atoms with E-state index in [4.69, 9.17) is 4.74 Å². The maximum Gasteiger partial charge on any atom is 0.336 e. The van der Waals surface area contributed by atoms with E-state index in [0.717, 1.165) is 18.9 Å². The lowest BCUT2D eigenvalue weighted by atomic mass is 10.1. The van der Waals surface area contributed by atoms with Crippen LogP contribution in [0.1, 0.15) is 17.7 Å². The molecule has 0 saturated heterocycles. The standard InChI is InChI=1S/C18H17NO7S/c1-11(20)26-13-9-7-12(8-10-13)17(16(21)18(22)25-2)27-15-6-4-3-5-14(15)19(23)24/h3-10,16-17,21H,1-2H3/t16-,17-/m1/s1. The van der Waals surface area contributed by atoms with Crippen molar-refractivity contribution in [1.82, 2.24) is 0 Å². The third-order valence-electron chi connectivity index (χ3n) is 3.52. The number of nitrogens with zero attached hydrogens (tertiary/aromatic N) is 1. The summed E-state index contributed by atoms with van der Waals surface area (Å²) in [5.74, 6) is -1.05.